The molecule has 0 spiro atoms. The molecule has 1 aromatic carbocycles. The Kier molecular flexibility index (Phi) is 3.28. The van der Waals surface area contributed by atoms with Gasteiger partial charge in [-0.25, -0.2) is 4.79 Å². The van der Waals surface area contributed by atoms with E-state index in [1.54, 1.807) is 30.3 Å². The van der Waals surface area contributed by atoms with E-state index >= 15 is 0 Å². The fourth-order valence-electron chi connectivity index (χ4n) is 1.64. The molecule has 1 heterocycles. The Morgan fingerprint density at radius 3 is 2.42 bits per heavy atom. The van der Waals surface area contributed by atoms with E-state index in [1.165, 1.54) is 13.8 Å². The third-order valence-corrected chi connectivity index (χ3v) is 2.52. The zero-order chi connectivity index (χ0) is 14.0. The third-order valence-electron chi connectivity index (χ3n) is 2.52. The van der Waals surface area contributed by atoms with Crippen molar-refractivity contribution in [3.05, 3.63) is 46.3 Å². The second-order valence-corrected chi connectivity index (χ2v) is 3.87. The second kappa shape index (κ2) is 4.89. The van der Waals surface area contributed by atoms with Crippen LogP contribution in [0.5, 0.6) is 0 Å². The molecule has 98 valence electrons. The molecule has 0 fully saturated rings. The molecule has 19 heavy (non-hydrogen) atoms. The lowest BCUT2D eigenvalue weighted by atomic mass is 10.0. The van der Waals surface area contributed by atoms with Crippen LogP contribution in [0.2, 0.25) is 0 Å². The Hall–Kier alpha value is -2.70. The van der Waals surface area contributed by atoms with Crippen LogP contribution >= 0.6 is 0 Å². The zero-order valence-electron chi connectivity index (χ0n) is 10.4. The van der Waals surface area contributed by atoms with Crippen molar-refractivity contribution in [1.29, 1.82) is 0 Å². The highest BCUT2D eigenvalue weighted by atomic mass is 16.7. The van der Waals surface area contributed by atoms with Crippen molar-refractivity contribution in [2.75, 3.05) is 0 Å². The van der Waals surface area contributed by atoms with Crippen LogP contribution in [0.1, 0.15) is 19.4 Å². The van der Waals surface area contributed by atoms with Crippen molar-refractivity contribution in [3.8, 4) is 0 Å². The van der Waals surface area contributed by atoms with Crippen LogP contribution in [0.3, 0.4) is 0 Å². The molecule has 0 aromatic heterocycles. The van der Waals surface area contributed by atoms with Gasteiger partial charge in [-0.15, -0.1) is 0 Å². The lowest BCUT2D eigenvalue weighted by molar-refractivity contribution is -1.05. The van der Waals surface area contributed by atoms with E-state index in [1.807, 2.05) is 0 Å². The van der Waals surface area contributed by atoms with Crippen LogP contribution in [-0.2, 0) is 9.63 Å². The summed E-state index contributed by atoms with van der Waals surface area (Å²) in [5.41, 5.74) is 0.678. The average molecular weight is 261 g/mol. The fraction of sp³-hybridized carbons (Fsp3) is 0.167. The van der Waals surface area contributed by atoms with E-state index in [9.17, 15) is 15.2 Å². The van der Waals surface area contributed by atoms with Crippen LogP contribution < -0.4 is 0 Å². The van der Waals surface area contributed by atoms with E-state index in [2.05, 4.69) is 9.99 Å². The van der Waals surface area contributed by atoms with Crippen molar-refractivity contribution >= 4 is 23.1 Å². The summed E-state index contributed by atoms with van der Waals surface area (Å²) in [5.74, 6) is -0.630. The van der Waals surface area contributed by atoms with Gasteiger partial charge in [-0.05, 0) is 12.1 Å². The van der Waals surface area contributed by atoms with E-state index in [-0.39, 0.29) is 26.8 Å². The van der Waals surface area contributed by atoms with E-state index in [0.29, 0.717) is 5.56 Å². The van der Waals surface area contributed by atoms with Gasteiger partial charge in [0, 0.05) is 13.8 Å². The molecule has 0 atom stereocenters. The molecule has 7 nitrogen and oxygen atoms in total. The number of carbonyl (C=O) groups is 1. The van der Waals surface area contributed by atoms with Crippen molar-refractivity contribution in [2.45, 2.75) is 13.8 Å². The fourth-order valence-corrected chi connectivity index (χ4v) is 1.64. The summed E-state index contributed by atoms with van der Waals surface area (Å²) in [5, 5.41) is 27.0. The molecular formula is C12H11N3O4. The topological polar surface area (TPSA) is 90.8 Å². The van der Waals surface area contributed by atoms with Crippen molar-refractivity contribution in [2.24, 2.45) is 5.16 Å². The molecule has 0 saturated heterocycles. The summed E-state index contributed by atoms with van der Waals surface area (Å²) >= 11 is 0. The lowest BCUT2D eigenvalue weighted by Gasteiger charge is -1.98. The van der Waals surface area contributed by atoms with Crippen LogP contribution in [0.15, 0.2) is 35.5 Å². The van der Waals surface area contributed by atoms with Crippen molar-refractivity contribution in [1.82, 2.24) is 0 Å². The molecule has 0 radical (unpaired) electrons. The minimum Gasteiger partial charge on any atom is -0.561 e. The lowest BCUT2D eigenvalue weighted by Crippen LogP contribution is -2.22. The SMILES string of the molecule is CC(=O)ON=C1C(C)=[N+]([O-])[N+]([O-])=C1c1ccccc1. The Morgan fingerprint density at radius 2 is 1.84 bits per heavy atom. The largest absolute Gasteiger partial charge is 0.561 e. The van der Waals surface area contributed by atoms with Gasteiger partial charge in [0.25, 0.3) is 11.4 Å². The monoisotopic (exact) mass is 261 g/mol. The highest BCUT2D eigenvalue weighted by Crippen LogP contribution is 2.10. The highest BCUT2D eigenvalue weighted by Gasteiger charge is 2.41. The molecule has 0 bridgehead atoms. The minimum atomic E-state index is -0.630. The molecule has 0 aliphatic carbocycles. The summed E-state index contributed by atoms with van der Waals surface area (Å²) in [6.45, 7) is 2.61. The molecule has 7 heteroatoms. The van der Waals surface area contributed by atoms with Gasteiger partial charge in [0.05, 0.1) is 15.3 Å². The van der Waals surface area contributed by atoms with Crippen LogP contribution in [0.25, 0.3) is 0 Å². The summed E-state index contributed by atoms with van der Waals surface area (Å²) < 4.78 is 0. The number of rotatable bonds is 2. The van der Waals surface area contributed by atoms with Crippen molar-refractivity contribution < 1.29 is 19.3 Å². The van der Waals surface area contributed by atoms with Gasteiger partial charge in [-0.2, -0.15) is 0 Å². The number of nitrogens with zero attached hydrogens (tertiary/aromatic N) is 3. The first kappa shape index (κ1) is 12.7. The van der Waals surface area contributed by atoms with Gasteiger partial charge in [0.15, 0.2) is 0 Å². The van der Waals surface area contributed by atoms with E-state index < -0.39 is 5.97 Å². The molecule has 0 unspecified atom stereocenters. The summed E-state index contributed by atoms with van der Waals surface area (Å²) in [4.78, 5) is 15.6. The highest BCUT2D eigenvalue weighted by molar-refractivity contribution is 6.69. The Balaban J connectivity index is 2.52. The Labute approximate surface area is 108 Å². The molecule has 0 amide bonds. The Morgan fingerprint density at radius 1 is 1.21 bits per heavy atom. The van der Waals surface area contributed by atoms with Gasteiger partial charge < -0.3 is 15.3 Å². The molecule has 1 aliphatic rings. The first-order chi connectivity index (χ1) is 9.02. The molecule has 1 aromatic rings. The standard InChI is InChI=1S/C12H11N3O4/c1-8-11(13-19-9(2)16)12(15(18)14(8)17)10-6-4-3-5-7-10/h3-7H,1-2H3. The van der Waals surface area contributed by atoms with Crippen LogP contribution in [0.4, 0.5) is 0 Å². The number of hydrogen-bond acceptors (Lipinski definition) is 5. The second-order valence-electron chi connectivity index (χ2n) is 3.87. The zero-order valence-corrected chi connectivity index (χ0v) is 10.4. The van der Waals surface area contributed by atoms with E-state index in [4.69, 9.17) is 0 Å². The van der Waals surface area contributed by atoms with Gasteiger partial charge in [-0.3, -0.25) is 0 Å². The number of hydrazine groups is 1. The maximum absolute atomic E-state index is 11.8. The first-order valence-electron chi connectivity index (χ1n) is 5.49. The predicted octanol–water partition coefficient (Wildman–Crippen LogP) is 0.805. The molecule has 2 rings (SSSR count). The normalized spacial score (nSPS) is 17.3. The predicted molar refractivity (Wildman–Crippen MR) is 67.7 cm³/mol. The first-order valence-corrected chi connectivity index (χ1v) is 5.49. The van der Waals surface area contributed by atoms with Crippen LogP contribution in [-0.4, -0.2) is 32.8 Å². The van der Waals surface area contributed by atoms with Crippen molar-refractivity contribution in [3.63, 3.8) is 0 Å². The smallest absolute Gasteiger partial charge is 0.332 e. The van der Waals surface area contributed by atoms with Crippen LogP contribution in [0, 0.1) is 10.4 Å². The minimum absolute atomic E-state index is 0.0476. The maximum Gasteiger partial charge on any atom is 0.332 e. The number of hydrogen-bond donors (Lipinski definition) is 0. The number of benzene rings is 1. The number of carbonyl (C=O) groups excluding carboxylic acids is 1. The Bertz CT molecular complexity index is 617. The summed E-state index contributed by atoms with van der Waals surface area (Å²) in [6, 6.07) is 8.55. The summed E-state index contributed by atoms with van der Waals surface area (Å²) in [6.07, 6.45) is 0. The van der Waals surface area contributed by atoms with Gasteiger partial charge in [0.1, 0.15) is 0 Å². The molecular weight excluding hydrogens is 250 g/mol. The molecule has 0 N–H and O–H groups in total. The maximum atomic E-state index is 11.8. The number of oxime groups is 1. The molecule has 0 saturated carbocycles. The van der Waals surface area contributed by atoms with E-state index in [0.717, 1.165) is 0 Å². The van der Waals surface area contributed by atoms with Gasteiger partial charge in [-0.1, -0.05) is 23.4 Å². The number of hydrazone groups is 2. The van der Waals surface area contributed by atoms with Gasteiger partial charge >= 0.3 is 11.7 Å². The third kappa shape index (κ3) is 2.30. The quantitative estimate of drug-likeness (QED) is 0.341. The average Bonchev–Trinajstić information content (AvgIpc) is 2.61. The summed E-state index contributed by atoms with van der Waals surface area (Å²) in [7, 11) is 0. The van der Waals surface area contributed by atoms with Gasteiger partial charge in [0.2, 0.25) is 0 Å². The molecule has 1 aliphatic heterocycles.